The molecule has 1 aliphatic heterocycles. The van der Waals surface area contributed by atoms with E-state index in [1.807, 2.05) is 0 Å². The summed E-state index contributed by atoms with van der Waals surface area (Å²) >= 11 is 0. The molecule has 0 aromatic heterocycles. The molecule has 16 heavy (non-hydrogen) atoms. The summed E-state index contributed by atoms with van der Waals surface area (Å²) in [6, 6.07) is 0. The second-order valence-corrected chi connectivity index (χ2v) is 4.41. The lowest BCUT2D eigenvalue weighted by Crippen LogP contribution is -2.34. The Morgan fingerprint density at radius 3 is 2.56 bits per heavy atom. The van der Waals surface area contributed by atoms with Crippen molar-refractivity contribution in [3.05, 3.63) is 0 Å². The van der Waals surface area contributed by atoms with Gasteiger partial charge in [-0.25, -0.2) is 0 Å². The van der Waals surface area contributed by atoms with Crippen molar-refractivity contribution in [2.24, 2.45) is 5.41 Å². The minimum atomic E-state index is -0.862. The Morgan fingerprint density at radius 1 is 1.38 bits per heavy atom. The summed E-state index contributed by atoms with van der Waals surface area (Å²) in [6.07, 6.45) is 4.64. The van der Waals surface area contributed by atoms with Crippen LogP contribution in [-0.4, -0.2) is 30.1 Å². The van der Waals surface area contributed by atoms with E-state index in [4.69, 9.17) is 9.84 Å². The lowest BCUT2D eigenvalue weighted by molar-refractivity contribution is -0.151. The Kier molecular flexibility index (Phi) is 4.93. The Hall–Kier alpha value is -0.900. The van der Waals surface area contributed by atoms with Crippen LogP contribution < -0.4 is 0 Å². The van der Waals surface area contributed by atoms with Crippen LogP contribution in [0.3, 0.4) is 0 Å². The number of aliphatic hydroxyl groups excluding tert-OH is 1. The van der Waals surface area contributed by atoms with Crippen molar-refractivity contribution in [1.82, 2.24) is 0 Å². The number of esters is 1. The number of hydrogen-bond donors (Lipinski definition) is 1. The summed E-state index contributed by atoms with van der Waals surface area (Å²) in [5, 5.41) is 8.63. The van der Waals surface area contributed by atoms with Crippen molar-refractivity contribution in [3.63, 3.8) is 0 Å². The van der Waals surface area contributed by atoms with E-state index in [0.717, 1.165) is 25.7 Å². The van der Waals surface area contributed by atoms with Gasteiger partial charge in [0.25, 0.3) is 0 Å². The van der Waals surface area contributed by atoms with Crippen LogP contribution in [0.2, 0.25) is 0 Å². The molecule has 1 rings (SSSR count). The number of carbonyl (C=O) groups excluding carboxylic acids is 2. The third kappa shape index (κ3) is 2.82. The fourth-order valence-electron chi connectivity index (χ4n) is 2.17. The molecule has 4 heteroatoms. The van der Waals surface area contributed by atoms with Gasteiger partial charge in [0.2, 0.25) is 0 Å². The highest BCUT2D eigenvalue weighted by Gasteiger charge is 2.47. The molecule has 0 spiro atoms. The van der Waals surface area contributed by atoms with E-state index in [-0.39, 0.29) is 18.4 Å². The molecule has 1 saturated heterocycles. The maximum absolute atomic E-state index is 11.6. The average molecular weight is 228 g/mol. The molecule has 1 aliphatic rings. The van der Waals surface area contributed by atoms with Gasteiger partial charge in [0, 0.05) is 13.0 Å². The molecule has 92 valence electrons. The molecule has 0 aliphatic carbocycles. The van der Waals surface area contributed by atoms with Gasteiger partial charge >= 0.3 is 5.97 Å². The van der Waals surface area contributed by atoms with Crippen LogP contribution in [0, 0.1) is 5.41 Å². The van der Waals surface area contributed by atoms with Crippen LogP contribution in [0.5, 0.6) is 0 Å². The molecule has 1 heterocycles. The number of hydrogen-bond acceptors (Lipinski definition) is 4. The third-order valence-electron chi connectivity index (χ3n) is 3.34. The maximum Gasteiger partial charge on any atom is 0.319 e. The first kappa shape index (κ1) is 13.2. The van der Waals surface area contributed by atoms with Crippen LogP contribution in [0.25, 0.3) is 0 Å². The number of cyclic esters (lactones) is 1. The van der Waals surface area contributed by atoms with E-state index >= 15 is 0 Å². The normalized spacial score (nSPS) is 24.5. The van der Waals surface area contributed by atoms with Gasteiger partial charge in [-0.1, -0.05) is 19.3 Å². The Bertz CT molecular complexity index is 262. The highest BCUT2D eigenvalue weighted by molar-refractivity contribution is 6.03. The van der Waals surface area contributed by atoms with Gasteiger partial charge in [-0.15, -0.1) is 0 Å². The number of ketones is 1. The molecular formula is C12H20O4. The van der Waals surface area contributed by atoms with E-state index < -0.39 is 5.41 Å². The van der Waals surface area contributed by atoms with Crippen LogP contribution >= 0.6 is 0 Å². The van der Waals surface area contributed by atoms with Gasteiger partial charge in [-0.05, 0) is 19.8 Å². The average Bonchev–Trinajstić information content (AvgIpc) is 2.61. The van der Waals surface area contributed by atoms with Gasteiger partial charge in [-0.3, -0.25) is 9.59 Å². The Labute approximate surface area is 96.0 Å². The summed E-state index contributed by atoms with van der Waals surface area (Å²) in [7, 11) is 0. The van der Waals surface area contributed by atoms with Gasteiger partial charge in [0.15, 0.2) is 0 Å². The first-order chi connectivity index (χ1) is 7.63. The summed E-state index contributed by atoms with van der Waals surface area (Å²) in [6.45, 7) is 2.05. The summed E-state index contributed by atoms with van der Waals surface area (Å²) in [5.74, 6) is -0.417. The topological polar surface area (TPSA) is 63.6 Å². The van der Waals surface area contributed by atoms with Crippen molar-refractivity contribution >= 4 is 11.8 Å². The zero-order chi connectivity index (χ0) is 12.0. The molecule has 0 radical (unpaired) electrons. The van der Waals surface area contributed by atoms with Crippen LogP contribution in [0.15, 0.2) is 0 Å². The van der Waals surface area contributed by atoms with Crippen LogP contribution in [-0.2, 0) is 14.3 Å². The Morgan fingerprint density at radius 2 is 2.06 bits per heavy atom. The maximum atomic E-state index is 11.6. The molecule has 0 amide bonds. The van der Waals surface area contributed by atoms with Gasteiger partial charge in [-0.2, -0.15) is 0 Å². The summed E-state index contributed by atoms with van der Waals surface area (Å²) in [4.78, 5) is 23.1. The fraction of sp³-hybridized carbons (Fsp3) is 0.833. The molecule has 1 N–H and O–H groups in total. The predicted octanol–water partition coefficient (Wildman–Crippen LogP) is 1.45. The van der Waals surface area contributed by atoms with Gasteiger partial charge in [0.05, 0.1) is 6.61 Å². The molecule has 4 nitrogen and oxygen atoms in total. The second kappa shape index (κ2) is 5.99. The zero-order valence-corrected chi connectivity index (χ0v) is 9.83. The molecule has 1 unspecified atom stereocenters. The highest BCUT2D eigenvalue weighted by Crippen LogP contribution is 2.36. The van der Waals surface area contributed by atoms with E-state index in [1.54, 1.807) is 0 Å². The number of carbonyl (C=O) groups is 2. The quantitative estimate of drug-likeness (QED) is 0.407. The first-order valence-corrected chi connectivity index (χ1v) is 5.92. The molecular weight excluding hydrogens is 208 g/mol. The number of unbranched alkanes of at least 4 members (excludes halogenated alkanes) is 3. The molecule has 0 aromatic rings. The molecule has 0 saturated carbocycles. The standard InChI is InChI=1S/C12H20O4/c1-10(14)12(7-9-16-11(12)15)6-4-2-3-5-8-13/h13H,2-9H2,1H3. The molecule has 1 fully saturated rings. The summed E-state index contributed by atoms with van der Waals surface area (Å²) < 4.78 is 4.91. The monoisotopic (exact) mass is 228 g/mol. The molecule has 1 atom stereocenters. The van der Waals surface area contributed by atoms with E-state index in [9.17, 15) is 9.59 Å². The zero-order valence-electron chi connectivity index (χ0n) is 9.83. The van der Waals surface area contributed by atoms with Crippen molar-refractivity contribution in [2.45, 2.75) is 45.4 Å². The molecule has 0 bridgehead atoms. The minimum Gasteiger partial charge on any atom is -0.465 e. The first-order valence-electron chi connectivity index (χ1n) is 5.92. The van der Waals surface area contributed by atoms with Crippen LogP contribution in [0.4, 0.5) is 0 Å². The lowest BCUT2D eigenvalue weighted by atomic mass is 9.78. The second-order valence-electron chi connectivity index (χ2n) is 4.41. The van der Waals surface area contributed by atoms with Crippen molar-refractivity contribution in [2.75, 3.05) is 13.2 Å². The Balaban J connectivity index is 2.41. The minimum absolute atomic E-state index is 0.0721. The number of rotatable bonds is 7. The van der Waals surface area contributed by atoms with Crippen molar-refractivity contribution in [3.8, 4) is 0 Å². The largest absolute Gasteiger partial charge is 0.465 e. The van der Waals surface area contributed by atoms with Crippen molar-refractivity contribution < 1.29 is 19.4 Å². The summed E-state index contributed by atoms with van der Waals surface area (Å²) in [5.41, 5.74) is -0.862. The van der Waals surface area contributed by atoms with Gasteiger partial charge < -0.3 is 9.84 Å². The lowest BCUT2D eigenvalue weighted by Gasteiger charge is -2.20. The van der Waals surface area contributed by atoms with E-state index in [1.165, 1.54) is 6.92 Å². The SMILES string of the molecule is CC(=O)C1(CCCCCCO)CCOC1=O. The highest BCUT2D eigenvalue weighted by atomic mass is 16.5. The number of Topliss-reactive ketones (excluding diaryl/α,β-unsaturated/α-hetero) is 1. The fourth-order valence-corrected chi connectivity index (χ4v) is 2.17. The van der Waals surface area contributed by atoms with E-state index in [0.29, 0.717) is 19.4 Å². The molecule has 0 aromatic carbocycles. The number of aliphatic hydroxyl groups is 1. The van der Waals surface area contributed by atoms with Crippen LogP contribution in [0.1, 0.15) is 45.4 Å². The smallest absolute Gasteiger partial charge is 0.319 e. The third-order valence-corrected chi connectivity index (χ3v) is 3.34. The van der Waals surface area contributed by atoms with E-state index in [2.05, 4.69) is 0 Å². The number of ether oxygens (including phenoxy) is 1. The van der Waals surface area contributed by atoms with Gasteiger partial charge in [0.1, 0.15) is 11.2 Å². The van der Waals surface area contributed by atoms with Crippen molar-refractivity contribution in [1.29, 1.82) is 0 Å². The predicted molar refractivity (Wildman–Crippen MR) is 58.9 cm³/mol.